The highest BCUT2D eigenvalue weighted by molar-refractivity contribution is 5.77. The average Bonchev–Trinajstić information content (AvgIpc) is 2.05. The minimum Gasteiger partial charge on any atom is -0.300 e. The Kier molecular flexibility index (Phi) is 3.32. The van der Waals surface area contributed by atoms with Crippen molar-refractivity contribution in [1.29, 1.82) is 0 Å². The molecule has 1 aliphatic heterocycles. The Morgan fingerprint density at radius 1 is 1.58 bits per heavy atom. The number of hydrogen-bond donors (Lipinski definition) is 0. The summed E-state index contributed by atoms with van der Waals surface area (Å²) >= 11 is 0. The van der Waals surface area contributed by atoms with E-state index in [9.17, 15) is 0 Å². The molecule has 0 saturated carbocycles. The number of rotatable bonds is 0. The predicted octanol–water partition coefficient (Wildman–Crippen LogP) is 2.28. The molecule has 1 rings (SSSR count). The summed E-state index contributed by atoms with van der Waals surface area (Å²) in [6.45, 7) is 5.45. The molecule has 0 bridgehead atoms. The third kappa shape index (κ3) is 3.07. The molecule has 0 aromatic carbocycles. The molecule has 0 radical (unpaired) electrons. The van der Waals surface area contributed by atoms with Crippen LogP contribution in [-0.2, 0) is 0 Å². The summed E-state index contributed by atoms with van der Waals surface area (Å²) in [4.78, 5) is 0. The van der Waals surface area contributed by atoms with Gasteiger partial charge in [0.05, 0.1) is 0 Å². The van der Waals surface area contributed by atoms with Crippen LogP contribution < -0.4 is 0 Å². The molecule has 1 aliphatic rings. The fourth-order valence-electron chi connectivity index (χ4n) is 1.43. The fourth-order valence-corrected chi connectivity index (χ4v) is 1.43. The lowest BCUT2D eigenvalue weighted by Crippen LogP contribution is -2.18. The van der Waals surface area contributed by atoms with Gasteiger partial charge in [-0.15, -0.1) is 0 Å². The van der Waals surface area contributed by atoms with Gasteiger partial charge in [-0.1, -0.05) is 13.0 Å². The van der Waals surface area contributed by atoms with E-state index >= 15 is 0 Å². The zero-order valence-electron chi connectivity index (χ0n) is 8.25. The summed E-state index contributed by atoms with van der Waals surface area (Å²) < 4.78 is 0. The quantitative estimate of drug-likeness (QED) is 0.539. The number of hydrogen-bond acceptors (Lipinski definition) is 2. The van der Waals surface area contributed by atoms with Crippen LogP contribution in [0.2, 0.25) is 0 Å². The molecule has 0 amide bonds. The lowest BCUT2D eigenvalue weighted by atomic mass is 10.0. The van der Waals surface area contributed by atoms with E-state index in [0.29, 0.717) is 0 Å². The topological polar surface area (TPSA) is 15.6 Å². The maximum absolute atomic E-state index is 4.32. The molecule has 0 aromatic heterocycles. The first-order valence-electron chi connectivity index (χ1n) is 4.60. The second-order valence-electron chi connectivity index (χ2n) is 3.72. The molecule has 0 aromatic rings. The van der Waals surface area contributed by atoms with Gasteiger partial charge in [0.1, 0.15) is 0 Å². The van der Waals surface area contributed by atoms with E-state index < -0.39 is 0 Å². The molecule has 0 fully saturated rings. The van der Waals surface area contributed by atoms with E-state index in [2.05, 4.69) is 25.0 Å². The number of allylic oxidation sites excluding steroid dienone is 2. The van der Waals surface area contributed by atoms with E-state index in [0.717, 1.165) is 12.5 Å². The van der Waals surface area contributed by atoms with Crippen molar-refractivity contribution in [1.82, 2.24) is 5.01 Å². The van der Waals surface area contributed by atoms with Gasteiger partial charge in [0.2, 0.25) is 0 Å². The highest BCUT2D eigenvalue weighted by Gasteiger charge is 2.04. The Balaban J connectivity index is 2.61. The Hall–Kier alpha value is -0.790. The molecule has 12 heavy (non-hydrogen) atoms. The highest BCUT2D eigenvalue weighted by Crippen LogP contribution is 2.10. The van der Waals surface area contributed by atoms with E-state index in [-0.39, 0.29) is 0 Å². The van der Waals surface area contributed by atoms with Gasteiger partial charge in [0.25, 0.3) is 0 Å². The van der Waals surface area contributed by atoms with Crippen LogP contribution >= 0.6 is 0 Å². The molecular weight excluding hydrogens is 148 g/mol. The molecule has 1 heterocycles. The van der Waals surface area contributed by atoms with Crippen molar-refractivity contribution in [2.45, 2.75) is 26.7 Å². The number of nitrogens with zero attached hydrogens (tertiary/aromatic N) is 2. The van der Waals surface area contributed by atoms with Crippen LogP contribution in [0.1, 0.15) is 26.7 Å². The highest BCUT2D eigenvalue weighted by atomic mass is 15.4. The van der Waals surface area contributed by atoms with Crippen molar-refractivity contribution in [2.75, 3.05) is 13.6 Å². The molecular formula is C10H18N2. The van der Waals surface area contributed by atoms with Crippen LogP contribution in [-0.4, -0.2) is 24.8 Å². The van der Waals surface area contributed by atoms with E-state index in [1.54, 1.807) is 0 Å². The van der Waals surface area contributed by atoms with Gasteiger partial charge in [0, 0.05) is 19.8 Å². The van der Waals surface area contributed by atoms with Gasteiger partial charge >= 0.3 is 0 Å². The van der Waals surface area contributed by atoms with Crippen molar-refractivity contribution >= 4 is 6.21 Å². The van der Waals surface area contributed by atoms with Crippen molar-refractivity contribution < 1.29 is 0 Å². The summed E-state index contributed by atoms with van der Waals surface area (Å²) in [5.74, 6) is 0.745. The largest absolute Gasteiger partial charge is 0.300 e. The molecule has 0 N–H and O–H groups in total. The van der Waals surface area contributed by atoms with Crippen molar-refractivity contribution in [3.05, 3.63) is 11.6 Å². The zero-order valence-corrected chi connectivity index (χ0v) is 8.25. The first-order valence-corrected chi connectivity index (χ1v) is 4.60. The second kappa shape index (κ2) is 4.29. The molecule has 68 valence electrons. The number of hydrazone groups is 1. The van der Waals surface area contributed by atoms with Crippen LogP contribution in [0.15, 0.2) is 16.8 Å². The maximum Gasteiger partial charge on any atom is 0.0496 e. The van der Waals surface area contributed by atoms with Crippen molar-refractivity contribution in [3.63, 3.8) is 0 Å². The zero-order chi connectivity index (χ0) is 8.97. The molecule has 2 nitrogen and oxygen atoms in total. The summed E-state index contributed by atoms with van der Waals surface area (Å²) in [5, 5.41) is 6.34. The molecule has 0 spiro atoms. The SMILES string of the molecule is CC1=CCCC(C)CN(C)N=C1. The maximum atomic E-state index is 4.32. The third-order valence-electron chi connectivity index (χ3n) is 2.16. The van der Waals surface area contributed by atoms with Gasteiger partial charge in [-0.2, -0.15) is 5.10 Å². The second-order valence-corrected chi connectivity index (χ2v) is 3.72. The minimum absolute atomic E-state index is 0.745. The summed E-state index contributed by atoms with van der Waals surface area (Å²) in [5.41, 5.74) is 1.27. The summed E-state index contributed by atoms with van der Waals surface area (Å²) in [6, 6.07) is 0. The van der Waals surface area contributed by atoms with E-state index in [1.807, 2.05) is 18.3 Å². The lowest BCUT2D eigenvalue weighted by Gasteiger charge is -2.16. The monoisotopic (exact) mass is 166 g/mol. The lowest BCUT2D eigenvalue weighted by molar-refractivity contribution is 0.294. The minimum atomic E-state index is 0.745. The summed E-state index contributed by atoms with van der Waals surface area (Å²) in [6.07, 6.45) is 6.66. The van der Waals surface area contributed by atoms with Crippen molar-refractivity contribution in [2.24, 2.45) is 11.0 Å². The average molecular weight is 166 g/mol. The Bertz CT molecular complexity index is 194. The third-order valence-corrected chi connectivity index (χ3v) is 2.16. The fraction of sp³-hybridized carbons (Fsp3) is 0.700. The molecule has 1 unspecified atom stereocenters. The van der Waals surface area contributed by atoms with Crippen LogP contribution in [0.5, 0.6) is 0 Å². The van der Waals surface area contributed by atoms with Crippen LogP contribution in [0, 0.1) is 5.92 Å². The first-order chi connectivity index (χ1) is 5.68. The summed E-state index contributed by atoms with van der Waals surface area (Å²) in [7, 11) is 2.03. The standard InChI is InChI=1S/C10H18N2/c1-9-5-4-6-10(2)8-12(3)11-7-9/h5,7,10H,4,6,8H2,1-3H3. The smallest absolute Gasteiger partial charge is 0.0496 e. The van der Waals surface area contributed by atoms with Gasteiger partial charge < -0.3 is 0 Å². The van der Waals surface area contributed by atoms with Gasteiger partial charge in [-0.05, 0) is 31.3 Å². The van der Waals surface area contributed by atoms with Gasteiger partial charge in [0.15, 0.2) is 0 Å². The van der Waals surface area contributed by atoms with Crippen LogP contribution in [0.3, 0.4) is 0 Å². The molecule has 0 saturated heterocycles. The Morgan fingerprint density at radius 2 is 2.33 bits per heavy atom. The molecule has 0 aliphatic carbocycles. The van der Waals surface area contributed by atoms with E-state index in [1.165, 1.54) is 18.4 Å². The predicted molar refractivity (Wildman–Crippen MR) is 53.3 cm³/mol. The molecule has 2 heteroatoms. The van der Waals surface area contributed by atoms with Crippen LogP contribution in [0.25, 0.3) is 0 Å². The Morgan fingerprint density at radius 3 is 3.08 bits per heavy atom. The molecule has 1 atom stereocenters. The van der Waals surface area contributed by atoms with Crippen molar-refractivity contribution in [3.8, 4) is 0 Å². The van der Waals surface area contributed by atoms with Gasteiger partial charge in [-0.25, -0.2) is 0 Å². The van der Waals surface area contributed by atoms with E-state index in [4.69, 9.17) is 0 Å². The Labute approximate surface area is 75.0 Å². The van der Waals surface area contributed by atoms with Gasteiger partial charge in [-0.3, -0.25) is 5.01 Å². The normalized spacial score (nSPS) is 25.8. The van der Waals surface area contributed by atoms with Crippen LogP contribution in [0.4, 0.5) is 0 Å². The first kappa shape index (κ1) is 9.30.